The number of benzene rings is 1. The molecule has 0 radical (unpaired) electrons. The van der Waals surface area contributed by atoms with Crippen molar-refractivity contribution in [2.75, 3.05) is 30.3 Å². The van der Waals surface area contributed by atoms with E-state index in [-0.39, 0.29) is 5.97 Å². The number of halogens is 1. The predicted octanol–water partition coefficient (Wildman–Crippen LogP) is 3.58. The van der Waals surface area contributed by atoms with E-state index in [0.717, 1.165) is 25.2 Å². The molecule has 21 heavy (non-hydrogen) atoms. The average Bonchev–Trinajstić information content (AvgIpc) is 2.41. The maximum atomic E-state index is 12.2. The minimum Gasteiger partial charge on any atom is -0.462 e. The number of nitrogens with two attached hydrogens (primary N) is 1. The molecule has 0 saturated carbocycles. The fraction of sp³-hybridized carbons (Fsp3) is 0.562. The molecule has 2 atom stereocenters. The molecule has 1 aromatic carbocycles. The Balaban J connectivity index is 2.39. The van der Waals surface area contributed by atoms with Gasteiger partial charge in [-0.05, 0) is 37.3 Å². The summed E-state index contributed by atoms with van der Waals surface area (Å²) in [6.45, 7) is 8.39. The number of carbonyl (C=O) groups excluding carboxylic acids is 1. The predicted molar refractivity (Wildman–Crippen MR) is 87.0 cm³/mol. The Kier molecular flexibility index (Phi) is 4.99. The fourth-order valence-electron chi connectivity index (χ4n) is 2.77. The van der Waals surface area contributed by atoms with Crippen molar-refractivity contribution < 1.29 is 9.53 Å². The van der Waals surface area contributed by atoms with Crippen molar-refractivity contribution >= 4 is 28.9 Å². The van der Waals surface area contributed by atoms with Crippen molar-refractivity contribution in [1.82, 2.24) is 0 Å². The number of carbonyl (C=O) groups is 1. The lowest BCUT2D eigenvalue weighted by Crippen LogP contribution is -2.39. The summed E-state index contributed by atoms with van der Waals surface area (Å²) in [5, 5.41) is 0.514. The molecule has 2 unspecified atom stereocenters. The minimum atomic E-state index is -0.368. The molecule has 0 aromatic heterocycles. The van der Waals surface area contributed by atoms with E-state index >= 15 is 0 Å². The number of ether oxygens (including phenoxy) is 1. The van der Waals surface area contributed by atoms with Crippen LogP contribution in [0.5, 0.6) is 0 Å². The van der Waals surface area contributed by atoms with Gasteiger partial charge in [0.15, 0.2) is 0 Å². The first kappa shape index (κ1) is 16.0. The second-order valence-electron chi connectivity index (χ2n) is 5.81. The molecule has 1 aliphatic heterocycles. The number of esters is 1. The molecule has 1 heterocycles. The highest BCUT2D eigenvalue weighted by Crippen LogP contribution is 2.36. The second kappa shape index (κ2) is 6.56. The van der Waals surface area contributed by atoms with Gasteiger partial charge in [0.2, 0.25) is 0 Å². The zero-order chi connectivity index (χ0) is 15.6. The van der Waals surface area contributed by atoms with Gasteiger partial charge in [-0.3, -0.25) is 0 Å². The van der Waals surface area contributed by atoms with Crippen LogP contribution in [-0.2, 0) is 4.74 Å². The highest BCUT2D eigenvalue weighted by atomic mass is 35.5. The van der Waals surface area contributed by atoms with Crippen LogP contribution < -0.4 is 10.6 Å². The molecule has 2 rings (SSSR count). The number of anilines is 2. The molecule has 0 bridgehead atoms. The smallest absolute Gasteiger partial charge is 0.340 e. The lowest BCUT2D eigenvalue weighted by Gasteiger charge is -2.38. The minimum absolute atomic E-state index is 0.331. The summed E-state index contributed by atoms with van der Waals surface area (Å²) in [6, 6.07) is 3.35. The standard InChI is InChI=1S/C16H23ClN2O2/c1-4-21-16(20)13-7-12(18)8-14(17)15(13)19-6-5-10(2)11(3)9-19/h7-8,10-11H,4-6,9,18H2,1-3H3. The second-order valence-corrected chi connectivity index (χ2v) is 6.22. The van der Waals surface area contributed by atoms with Crippen LogP contribution in [0.15, 0.2) is 12.1 Å². The summed E-state index contributed by atoms with van der Waals surface area (Å²) >= 11 is 6.37. The first-order valence-corrected chi connectivity index (χ1v) is 7.82. The van der Waals surface area contributed by atoms with Crippen molar-refractivity contribution in [3.63, 3.8) is 0 Å². The highest BCUT2D eigenvalue weighted by Gasteiger charge is 2.28. The van der Waals surface area contributed by atoms with Crippen LogP contribution in [0.25, 0.3) is 0 Å². The Bertz CT molecular complexity index is 533. The molecule has 0 aliphatic carbocycles. The van der Waals surface area contributed by atoms with Gasteiger partial charge in [-0.15, -0.1) is 0 Å². The Morgan fingerprint density at radius 1 is 1.43 bits per heavy atom. The number of hydrogen-bond acceptors (Lipinski definition) is 4. The summed E-state index contributed by atoms with van der Waals surface area (Å²) in [7, 11) is 0. The molecular weight excluding hydrogens is 288 g/mol. The van der Waals surface area contributed by atoms with Crippen LogP contribution in [0.3, 0.4) is 0 Å². The lowest BCUT2D eigenvalue weighted by atomic mass is 9.88. The van der Waals surface area contributed by atoms with Gasteiger partial charge in [0.1, 0.15) is 0 Å². The third kappa shape index (κ3) is 3.43. The summed E-state index contributed by atoms with van der Waals surface area (Å²) in [4.78, 5) is 14.4. The first-order chi connectivity index (χ1) is 9.93. The van der Waals surface area contributed by atoms with Crippen LogP contribution in [0, 0.1) is 11.8 Å². The summed E-state index contributed by atoms with van der Waals surface area (Å²) in [6.07, 6.45) is 1.09. The molecule has 1 aliphatic rings. The van der Waals surface area contributed by atoms with E-state index in [2.05, 4.69) is 18.7 Å². The van der Waals surface area contributed by atoms with Crippen molar-refractivity contribution in [3.05, 3.63) is 22.7 Å². The van der Waals surface area contributed by atoms with Crippen molar-refractivity contribution in [1.29, 1.82) is 0 Å². The fourth-order valence-corrected chi connectivity index (χ4v) is 3.12. The van der Waals surface area contributed by atoms with Crippen LogP contribution >= 0.6 is 11.6 Å². The van der Waals surface area contributed by atoms with Gasteiger partial charge in [0.25, 0.3) is 0 Å². The maximum Gasteiger partial charge on any atom is 0.340 e. The third-order valence-corrected chi connectivity index (χ3v) is 4.52. The summed E-state index contributed by atoms with van der Waals surface area (Å²) in [5.41, 5.74) is 7.52. The highest BCUT2D eigenvalue weighted by molar-refractivity contribution is 6.34. The first-order valence-electron chi connectivity index (χ1n) is 7.45. The zero-order valence-electron chi connectivity index (χ0n) is 12.9. The molecule has 1 aromatic rings. The lowest BCUT2D eigenvalue weighted by molar-refractivity contribution is 0.0527. The molecule has 1 saturated heterocycles. The molecule has 2 N–H and O–H groups in total. The number of nitrogen functional groups attached to an aromatic ring is 1. The third-order valence-electron chi connectivity index (χ3n) is 4.23. The van der Waals surface area contributed by atoms with Crippen LogP contribution in [0.1, 0.15) is 37.6 Å². The molecular formula is C16H23ClN2O2. The van der Waals surface area contributed by atoms with Crippen molar-refractivity contribution in [2.24, 2.45) is 11.8 Å². The largest absolute Gasteiger partial charge is 0.462 e. The molecule has 1 fully saturated rings. The molecule has 116 valence electrons. The van der Waals surface area contributed by atoms with E-state index in [1.807, 2.05) is 0 Å². The van der Waals surface area contributed by atoms with Gasteiger partial charge in [-0.2, -0.15) is 0 Å². The average molecular weight is 311 g/mol. The zero-order valence-corrected chi connectivity index (χ0v) is 13.6. The number of rotatable bonds is 3. The Labute approximate surface area is 131 Å². The topological polar surface area (TPSA) is 55.6 Å². The molecule has 0 amide bonds. The quantitative estimate of drug-likeness (QED) is 0.685. The van der Waals surface area contributed by atoms with Gasteiger partial charge >= 0.3 is 5.97 Å². The Hall–Kier alpha value is -1.42. The van der Waals surface area contributed by atoms with E-state index in [0.29, 0.717) is 34.7 Å². The van der Waals surface area contributed by atoms with Gasteiger partial charge in [-0.25, -0.2) is 4.79 Å². The van der Waals surface area contributed by atoms with Gasteiger partial charge in [0.05, 0.1) is 22.9 Å². The number of nitrogens with zero attached hydrogens (tertiary/aromatic N) is 1. The summed E-state index contributed by atoms with van der Waals surface area (Å²) < 4.78 is 5.14. The van der Waals surface area contributed by atoms with E-state index in [1.54, 1.807) is 19.1 Å². The van der Waals surface area contributed by atoms with Gasteiger partial charge < -0.3 is 15.4 Å². The molecule has 5 heteroatoms. The normalized spacial score (nSPS) is 22.2. The Morgan fingerprint density at radius 2 is 2.14 bits per heavy atom. The van der Waals surface area contributed by atoms with Gasteiger partial charge in [0, 0.05) is 18.8 Å². The summed E-state index contributed by atoms with van der Waals surface area (Å²) in [5.74, 6) is 0.871. The molecule has 0 spiro atoms. The van der Waals surface area contributed by atoms with Crippen LogP contribution in [-0.4, -0.2) is 25.7 Å². The number of piperidine rings is 1. The van der Waals surface area contributed by atoms with E-state index < -0.39 is 0 Å². The molecule has 4 nitrogen and oxygen atoms in total. The van der Waals surface area contributed by atoms with E-state index in [1.165, 1.54) is 0 Å². The van der Waals surface area contributed by atoms with Gasteiger partial charge in [-0.1, -0.05) is 25.4 Å². The Morgan fingerprint density at radius 3 is 2.76 bits per heavy atom. The van der Waals surface area contributed by atoms with E-state index in [4.69, 9.17) is 22.1 Å². The maximum absolute atomic E-state index is 12.2. The van der Waals surface area contributed by atoms with E-state index in [9.17, 15) is 4.79 Å². The van der Waals surface area contributed by atoms with Crippen molar-refractivity contribution in [2.45, 2.75) is 27.2 Å². The van der Waals surface area contributed by atoms with Crippen molar-refractivity contribution in [3.8, 4) is 0 Å². The van der Waals surface area contributed by atoms with Crippen LogP contribution in [0.2, 0.25) is 5.02 Å². The van der Waals surface area contributed by atoms with Crippen LogP contribution in [0.4, 0.5) is 11.4 Å². The SMILES string of the molecule is CCOC(=O)c1cc(N)cc(Cl)c1N1CCC(C)C(C)C1. The monoisotopic (exact) mass is 310 g/mol. The number of hydrogen-bond donors (Lipinski definition) is 1.